The van der Waals surface area contributed by atoms with Crippen molar-refractivity contribution < 1.29 is 36.8 Å². The zero-order chi connectivity index (χ0) is 20.5. The summed E-state index contributed by atoms with van der Waals surface area (Å²) in [5, 5.41) is 0. The van der Waals surface area contributed by atoms with E-state index in [2.05, 4.69) is 0 Å². The molecule has 1 aliphatic carbocycles. The molecule has 0 saturated heterocycles. The molecule has 0 heterocycles. The summed E-state index contributed by atoms with van der Waals surface area (Å²) in [5.74, 6) is -1.49. The van der Waals surface area contributed by atoms with Gasteiger partial charge in [-0.25, -0.2) is 0 Å². The third-order valence-electron chi connectivity index (χ3n) is 4.46. The first-order valence-corrected chi connectivity index (χ1v) is 10.9. The molecule has 1 aliphatic rings. The van der Waals surface area contributed by atoms with Gasteiger partial charge >= 0.3 is 21.0 Å². The first-order valence-electron chi connectivity index (χ1n) is 9.27. The van der Waals surface area contributed by atoms with Gasteiger partial charge in [0.15, 0.2) is 5.41 Å². The van der Waals surface area contributed by atoms with Crippen molar-refractivity contribution in [3.05, 3.63) is 12.2 Å². The van der Waals surface area contributed by atoms with Crippen LogP contribution in [0.25, 0.3) is 0 Å². The molecule has 1 saturated carbocycles. The summed E-state index contributed by atoms with van der Waals surface area (Å²) >= 11 is 0. The summed E-state index contributed by atoms with van der Waals surface area (Å²) in [6.07, 6.45) is 3.56. The maximum absolute atomic E-state index is 12.5. The monoisotopic (exact) mass is 404 g/mol. The minimum Gasteiger partial charge on any atom is -0.468 e. The Morgan fingerprint density at radius 2 is 1.44 bits per heavy atom. The Balaban J connectivity index is 3.25. The van der Waals surface area contributed by atoms with Crippen molar-refractivity contribution >= 4 is 21.0 Å². The zero-order valence-electron chi connectivity index (χ0n) is 17.1. The fraction of sp³-hybridized carbons (Fsp3) is 0.778. The number of rotatable bonds is 11. The SMILES string of the molecule is C/C=C/[C@@H]1CC(C(=O)OC)(C(=O)OC)C[C@@H]1O[Si](OCC)(OCC)OCC. The summed E-state index contributed by atoms with van der Waals surface area (Å²) in [4.78, 5) is 25.0. The highest BCUT2D eigenvalue weighted by molar-refractivity contribution is 6.53. The van der Waals surface area contributed by atoms with Crippen LogP contribution >= 0.6 is 0 Å². The second kappa shape index (κ2) is 10.9. The van der Waals surface area contributed by atoms with E-state index in [9.17, 15) is 9.59 Å². The van der Waals surface area contributed by atoms with E-state index in [0.29, 0.717) is 19.8 Å². The van der Waals surface area contributed by atoms with Crippen LogP contribution in [0.3, 0.4) is 0 Å². The van der Waals surface area contributed by atoms with Gasteiger partial charge in [-0.3, -0.25) is 9.59 Å². The molecule has 0 radical (unpaired) electrons. The Kier molecular flexibility index (Phi) is 9.61. The van der Waals surface area contributed by atoms with E-state index >= 15 is 0 Å². The molecule has 0 amide bonds. The van der Waals surface area contributed by atoms with Gasteiger partial charge in [0.05, 0.1) is 20.3 Å². The quantitative estimate of drug-likeness (QED) is 0.224. The van der Waals surface area contributed by atoms with Crippen LogP contribution in [-0.2, 0) is 36.8 Å². The molecular formula is C18H32O8Si. The molecule has 1 fully saturated rings. The van der Waals surface area contributed by atoms with Crippen molar-refractivity contribution in [2.24, 2.45) is 11.3 Å². The molecule has 0 aromatic heterocycles. The molecule has 0 aromatic rings. The molecule has 156 valence electrons. The maximum atomic E-state index is 12.5. The molecule has 0 bridgehead atoms. The summed E-state index contributed by atoms with van der Waals surface area (Å²) < 4.78 is 33.3. The second-order valence-corrected chi connectivity index (χ2v) is 8.22. The van der Waals surface area contributed by atoms with Crippen molar-refractivity contribution in [3.8, 4) is 0 Å². The predicted octanol–water partition coefficient (Wildman–Crippen LogP) is 2.24. The highest BCUT2D eigenvalue weighted by Gasteiger charge is 2.60. The highest BCUT2D eigenvalue weighted by Crippen LogP contribution is 2.47. The normalized spacial score (nSPS) is 22.1. The first kappa shape index (κ1) is 23.8. The molecule has 0 aliphatic heterocycles. The van der Waals surface area contributed by atoms with E-state index in [1.165, 1.54) is 14.2 Å². The summed E-state index contributed by atoms with van der Waals surface area (Å²) in [6, 6.07) is 0. The van der Waals surface area contributed by atoms with Crippen molar-refractivity contribution in [3.63, 3.8) is 0 Å². The average Bonchev–Trinajstić information content (AvgIpc) is 3.00. The van der Waals surface area contributed by atoms with Crippen LogP contribution in [0.4, 0.5) is 0 Å². The van der Waals surface area contributed by atoms with Crippen LogP contribution in [0.1, 0.15) is 40.5 Å². The van der Waals surface area contributed by atoms with Crippen LogP contribution in [0.2, 0.25) is 0 Å². The highest BCUT2D eigenvalue weighted by atomic mass is 28.4. The van der Waals surface area contributed by atoms with Crippen molar-refractivity contribution in [2.45, 2.75) is 46.6 Å². The molecule has 0 N–H and O–H groups in total. The first-order chi connectivity index (χ1) is 12.9. The van der Waals surface area contributed by atoms with Crippen LogP contribution in [-0.4, -0.2) is 61.1 Å². The lowest BCUT2D eigenvalue weighted by Crippen LogP contribution is -2.52. The van der Waals surface area contributed by atoms with Crippen LogP contribution in [0.15, 0.2) is 12.2 Å². The summed E-state index contributed by atoms with van der Waals surface area (Å²) in [5.41, 5.74) is -1.43. The standard InChI is InChI=1S/C18H32O8Si/c1-7-11-14-12-18(16(19)21-5,17(20)22-6)13-15(14)26-27(23-8-2,24-9-3)25-10-4/h7,11,14-15H,8-10,12-13H2,1-6H3/b11-7+/t14-,15+/m1/s1. The third kappa shape index (κ3) is 5.38. The molecular weight excluding hydrogens is 372 g/mol. The number of esters is 2. The topological polar surface area (TPSA) is 89.5 Å². The fourth-order valence-electron chi connectivity index (χ4n) is 3.43. The lowest BCUT2D eigenvalue weighted by molar-refractivity contribution is -0.169. The Morgan fingerprint density at radius 3 is 1.81 bits per heavy atom. The number of allylic oxidation sites excluding steroid dienone is 1. The number of carbonyl (C=O) groups excluding carboxylic acids is 2. The molecule has 27 heavy (non-hydrogen) atoms. The molecule has 1 rings (SSSR count). The Hall–Kier alpha value is -1.26. The number of methoxy groups -OCH3 is 2. The number of carbonyl (C=O) groups is 2. The van der Waals surface area contributed by atoms with E-state index in [-0.39, 0.29) is 18.8 Å². The molecule has 0 unspecified atom stereocenters. The smallest absolute Gasteiger partial charge is 0.468 e. The molecule has 2 atom stereocenters. The lowest BCUT2D eigenvalue weighted by Gasteiger charge is -2.31. The fourth-order valence-corrected chi connectivity index (χ4v) is 5.57. The van der Waals surface area contributed by atoms with Crippen molar-refractivity contribution in [1.29, 1.82) is 0 Å². The van der Waals surface area contributed by atoms with Gasteiger partial charge in [0.25, 0.3) is 0 Å². The van der Waals surface area contributed by atoms with Crippen LogP contribution in [0.5, 0.6) is 0 Å². The summed E-state index contributed by atoms with van der Waals surface area (Å²) in [6.45, 7) is 8.41. The molecule has 8 nitrogen and oxygen atoms in total. The van der Waals surface area contributed by atoms with E-state index < -0.39 is 32.5 Å². The Labute approximate surface area is 162 Å². The predicted molar refractivity (Wildman–Crippen MR) is 99.5 cm³/mol. The van der Waals surface area contributed by atoms with Gasteiger partial charge in [-0.15, -0.1) is 0 Å². The van der Waals surface area contributed by atoms with Crippen LogP contribution in [0, 0.1) is 11.3 Å². The largest absolute Gasteiger partial charge is 0.679 e. The van der Waals surface area contributed by atoms with E-state index in [1.54, 1.807) is 0 Å². The number of ether oxygens (including phenoxy) is 2. The van der Waals surface area contributed by atoms with Crippen molar-refractivity contribution in [1.82, 2.24) is 0 Å². The Bertz CT molecular complexity index is 488. The minimum absolute atomic E-state index is 0.101. The van der Waals surface area contributed by atoms with Gasteiger partial charge in [-0.2, -0.15) is 0 Å². The van der Waals surface area contributed by atoms with Crippen LogP contribution < -0.4 is 0 Å². The number of hydrogen-bond acceptors (Lipinski definition) is 8. The van der Waals surface area contributed by atoms with Gasteiger partial charge in [0.2, 0.25) is 0 Å². The van der Waals surface area contributed by atoms with E-state index in [1.807, 2.05) is 39.8 Å². The minimum atomic E-state index is -3.42. The average molecular weight is 405 g/mol. The molecule has 0 aromatic carbocycles. The third-order valence-corrected chi connectivity index (χ3v) is 6.98. The van der Waals surface area contributed by atoms with Gasteiger partial charge in [-0.05, 0) is 40.5 Å². The Morgan fingerprint density at radius 1 is 0.963 bits per heavy atom. The molecule has 0 spiro atoms. The van der Waals surface area contributed by atoms with Gasteiger partial charge in [0.1, 0.15) is 0 Å². The van der Waals surface area contributed by atoms with E-state index in [4.69, 9.17) is 27.2 Å². The second-order valence-electron chi connectivity index (χ2n) is 6.12. The van der Waals surface area contributed by atoms with Gasteiger partial charge in [0, 0.05) is 25.7 Å². The lowest BCUT2D eigenvalue weighted by atomic mass is 9.85. The zero-order valence-corrected chi connectivity index (χ0v) is 18.1. The van der Waals surface area contributed by atoms with Gasteiger partial charge in [-0.1, -0.05) is 12.2 Å². The van der Waals surface area contributed by atoms with E-state index in [0.717, 1.165) is 0 Å². The van der Waals surface area contributed by atoms with Crippen molar-refractivity contribution in [2.75, 3.05) is 34.0 Å². The summed E-state index contributed by atoms with van der Waals surface area (Å²) in [7, 11) is -0.911. The molecule has 9 heteroatoms. The van der Waals surface area contributed by atoms with Gasteiger partial charge < -0.3 is 27.2 Å². The number of hydrogen-bond donors (Lipinski definition) is 0. The maximum Gasteiger partial charge on any atom is 0.679 e.